The molecule has 0 aromatic heterocycles. The predicted molar refractivity (Wildman–Crippen MR) is 113 cm³/mol. The number of ether oxygens (including phenoxy) is 2. The maximum absolute atomic E-state index is 13.0. The molecule has 2 amide bonds. The van der Waals surface area contributed by atoms with Gasteiger partial charge in [0.1, 0.15) is 17.2 Å². The maximum atomic E-state index is 13.0. The molecule has 0 radical (unpaired) electrons. The van der Waals surface area contributed by atoms with Gasteiger partial charge in [-0.05, 0) is 36.2 Å². The van der Waals surface area contributed by atoms with E-state index in [0.29, 0.717) is 29.2 Å². The molecule has 1 aliphatic rings. The zero-order valence-corrected chi connectivity index (χ0v) is 16.6. The molecule has 0 spiro atoms. The van der Waals surface area contributed by atoms with Gasteiger partial charge in [-0.1, -0.05) is 37.3 Å². The number of imide groups is 1. The zero-order valence-electron chi connectivity index (χ0n) is 16.6. The molecule has 3 rings (SSSR count). The molecule has 0 saturated heterocycles. The van der Waals surface area contributed by atoms with E-state index in [1.165, 1.54) is 11.0 Å². The monoisotopic (exact) mass is 392 g/mol. The number of nitrogens with one attached hydrogen (secondary N) is 1. The molecule has 0 unspecified atom stereocenters. The normalized spacial score (nSPS) is 13.7. The van der Waals surface area contributed by atoms with Gasteiger partial charge in [0.15, 0.2) is 0 Å². The first-order valence-electron chi connectivity index (χ1n) is 9.45. The van der Waals surface area contributed by atoms with Crippen LogP contribution in [0, 0.1) is 0 Å². The summed E-state index contributed by atoms with van der Waals surface area (Å²) in [7, 11) is 1.55. The van der Waals surface area contributed by atoms with Gasteiger partial charge in [0.25, 0.3) is 11.8 Å². The third kappa shape index (κ3) is 4.16. The van der Waals surface area contributed by atoms with E-state index in [4.69, 9.17) is 9.47 Å². The lowest BCUT2D eigenvalue weighted by Gasteiger charge is -2.13. The molecule has 0 fully saturated rings. The largest absolute Gasteiger partial charge is 0.495 e. The SMILES string of the molecule is C=CCN1C(=O)C(Nc2ccccc2OC)=C(c2ccc(OCCC)cc2)C1=O. The maximum Gasteiger partial charge on any atom is 0.278 e. The first-order valence-corrected chi connectivity index (χ1v) is 9.45. The van der Waals surface area contributed by atoms with Crippen molar-refractivity contribution in [1.29, 1.82) is 0 Å². The second kappa shape index (κ2) is 9.10. The minimum absolute atomic E-state index is 0.135. The highest BCUT2D eigenvalue weighted by Crippen LogP contribution is 2.33. The van der Waals surface area contributed by atoms with Gasteiger partial charge >= 0.3 is 0 Å². The van der Waals surface area contributed by atoms with Gasteiger partial charge in [-0.3, -0.25) is 14.5 Å². The molecule has 1 aliphatic heterocycles. The van der Waals surface area contributed by atoms with Crippen LogP contribution >= 0.6 is 0 Å². The molecule has 1 N–H and O–H groups in total. The van der Waals surface area contributed by atoms with Crippen molar-refractivity contribution in [3.63, 3.8) is 0 Å². The number of nitrogens with zero attached hydrogens (tertiary/aromatic N) is 1. The second-order valence-electron chi connectivity index (χ2n) is 6.46. The Balaban J connectivity index is 2.02. The van der Waals surface area contributed by atoms with Gasteiger partial charge in [0.2, 0.25) is 0 Å². The zero-order chi connectivity index (χ0) is 20.8. The lowest BCUT2D eigenvalue weighted by molar-refractivity contribution is -0.136. The minimum Gasteiger partial charge on any atom is -0.495 e. The van der Waals surface area contributed by atoms with Gasteiger partial charge in [0.05, 0.1) is 25.0 Å². The summed E-state index contributed by atoms with van der Waals surface area (Å²) < 4.78 is 11.0. The first kappa shape index (κ1) is 20.2. The summed E-state index contributed by atoms with van der Waals surface area (Å²) in [6.07, 6.45) is 2.44. The Kier molecular flexibility index (Phi) is 6.34. The van der Waals surface area contributed by atoms with Gasteiger partial charge in [-0.2, -0.15) is 0 Å². The highest BCUT2D eigenvalue weighted by Gasteiger charge is 2.38. The van der Waals surface area contributed by atoms with E-state index in [9.17, 15) is 9.59 Å². The van der Waals surface area contributed by atoms with E-state index in [0.717, 1.165) is 12.2 Å². The number of carbonyl (C=O) groups is 2. The van der Waals surface area contributed by atoms with Crippen LogP contribution in [0.25, 0.3) is 5.57 Å². The molecule has 0 bridgehead atoms. The average Bonchev–Trinajstić information content (AvgIpc) is 2.97. The third-order valence-corrected chi connectivity index (χ3v) is 4.46. The van der Waals surface area contributed by atoms with E-state index in [2.05, 4.69) is 11.9 Å². The van der Waals surface area contributed by atoms with Crippen LogP contribution in [0.5, 0.6) is 11.5 Å². The number of benzene rings is 2. The lowest BCUT2D eigenvalue weighted by Crippen LogP contribution is -2.32. The van der Waals surface area contributed by atoms with Gasteiger partial charge in [-0.25, -0.2) is 0 Å². The summed E-state index contributed by atoms with van der Waals surface area (Å²) >= 11 is 0. The minimum atomic E-state index is -0.401. The van der Waals surface area contributed by atoms with Crippen molar-refractivity contribution >= 4 is 23.1 Å². The molecule has 2 aromatic rings. The number of rotatable bonds is 9. The summed E-state index contributed by atoms with van der Waals surface area (Å²) in [4.78, 5) is 27.2. The first-order chi connectivity index (χ1) is 14.1. The number of amides is 2. The van der Waals surface area contributed by atoms with Crippen molar-refractivity contribution < 1.29 is 19.1 Å². The third-order valence-electron chi connectivity index (χ3n) is 4.46. The summed E-state index contributed by atoms with van der Waals surface area (Å²) in [6.45, 7) is 6.43. The standard InChI is InChI=1S/C23H24N2O4/c1-4-14-25-22(26)20(16-10-12-17(13-11-16)29-15-5-2)21(23(25)27)24-18-8-6-7-9-19(18)28-3/h4,6-13,24H,1,5,14-15H2,2-3H3. The van der Waals surface area contributed by atoms with Gasteiger partial charge in [-0.15, -0.1) is 6.58 Å². The quantitative estimate of drug-likeness (QED) is 0.518. The molecule has 29 heavy (non-hydrogen) atoms. The Labute approximate surface area is 170 Å². The number of hydrogen-bond donors (Lipinski definition) is 1. The summed E-state index contributed by atoms with van der Waals surface area (Å²) in [5, 5.41) is 3.10. The van der Waals surface area contributed by atoms with Crippen molar-refractivity contribution in [3.8, 4) is 11.5 Å². The van der Waals surface area contributed by atoms with Crippen molar-refractivity contribution in [2.75, 3.05) is 25.6 Å². The fourth-order valence-corrected chi connectivity index (χ4v) is 3.08. The molecule has 0 aliphatic carbocycles. The second-order valence-corrected chi connectivity index (χ2v) is 6.46. The fraction of sp³-hybridized carbons (Fsp3) is 0.217. The van der Waals surface area contributed by atoms with Crippen LogP contribution in [-0.2, 0) is 9.59 Å². The van der Waals surface area contributed by atoms with Crippen LogP contribution in [0.1, 0.15) is 18.9 Å². The number of methoxy groups -OCH3 is 1. The molecular weight excluding hydrogens is 368 g/mol. The average molecular weight is 392 g/mol. The van der Waals surface area contributed by atoms with Crippen LogP contribution in [0.15, 0.2) is 66.9 Å². The smallest absolute Gasteiger partial charge is 0.278 e. The number of hydrogen-bond acceptors (Lipinski definition) is 5. The van der Waals surface area contributed by atoms with Crippen LogP contribution in [-0.4, -0.2) is 37.0 Å². The topological polar surface area (TPSA) is 67.9 Å². The molecule has 1 heterocycles. The molecule has 0 saturated carbocycles. The Hall–Kier alpha value is -3.54. The summed E-state index contributed by atoms with van der Waals surface area (Å²) in [6, 6.07) is 14.4. The van der Waals surface area contributed by atoms with E-state index in [-0.39, 0.29) is 18.1 Å². The summed E-state index contributed by atoms with van der Waals surface area (Å²) in [5.41, 5.74) is 1.76. The molecule has 6 nitrogen and oxygen atoms in total. The molecule has 6 heteroatoms. The van der Waals surface area contributed by atoms with Crippen molar-refractivity contribution in [3.05, 3.63) is 72.4 Å². The number of carbonyl (C=O) groups excluding carboxylic acids is 2. The van der Waals surface area contributed by atoms with Crippen molar-refractivity contribution in [1.82, 2.24) is 4.90 Å². The Morgan fingerprint density at radius 3 is 2.45 bits per heavy atom. The molecule has 2 aromatic carbocycles. The molecule has 0 atom stereocenters. The Bertz CT molecular complexity index is 948. The van der Waals surface area contributed by atoms with Gasteiger partial charge < -0.3 is 14.8 Å². The number of para-hydroxylation sites is 2. The molecular formula is C23H24N2O4. The number of anilines is 1. The van der Waals surface area contributed by atoms with E-state index < -0.39 is 5.91 Å². The predicted octanol–water partition coefficient (Wildman–Crippen LogP) is 3.86. The van der Waals surface area contributed by atoms with Gasteiger partial charge in [0, 0.05) is 6.54 Å². The van der Waals surface area contributed by atoms with Crippen LogP contribution in [0.4, 0.5) is 5.69 Å². The lowest BCUT2D eigenvalue weighted by atomic mass is 10.0. The van der Waals surface area contributed by atoms with Crippen LogP contribution in [0.3, 0.4) is 0 Å². The van der Waals surface area contributed by atoms with E-state index >= 15 is 0 Å². The van der Waals surface area contributed by atoms with E-state index in [1.54, 1.807) is 43.5 Å². The highest BCUT2D eigenvalue weighted by molar-refractivity contribution is 6.36. The highest BCUT2D eigenvalue weighted by atomic mass is 16.5. The van der Waals surface area contributed by atoms with Crippen LogP contribution < -0.4 is 14.8 Å². The van der Waals surface area contributed by atoms with E-state index in [1.807, 2.05) is 19.1 Å². The Morgan fingerprint density at radius 2 is 1.79 bits per heavy atom. The Morgan fingerprint density at radius 1 is 1.07 bits per heavy atom. The summed E-state index contributed by atoms with van der Waals surface area (Å²) in [5.74, 6) is 0.525. The molecule has 150 valence electrons. The van der Waals surface area contributed by atoms with Crippen molar-refractivity contribution in [2.45, 2.75) is 13.3 Å². The van der Waals surface area contributed by atoms with Crippen molar-refractivity contribution in [2.24, 2.45) is 0 Å². The fourth-order valence-electron chi connectivity index (χ4n) is 3.08. The van der Waals surface area contributed by atoms with Crippen LogP contribution in [0.2, 0.25) is 0 Å².